The number of rotatable bonds is 5. The Morgan fingerprint density at radius 2 is 1.65 bits per heavy atom. The van der Waals surface area contributed by atoms with Gasteiger partial charge in [-0.15, -0.1) is 0 Å². The van der Waals surface area contributed by atoms with Gasteiger partial charge >= 0.3 is 11.6 Å². The van der Waals surface area contributed by atoms with Crippen molar-refractivity contribution in [3.05, 3.63) is 88.3 Å². The Kier molecular flexibility index (Phi) is 4.80. The summed E-state index contributed by atoms with van der Waals surface area (Å²) < 4.78 is 11.1. The molecule has 2 amide bonds. The SMILES string of the molecule is Cc1cc(OC(=O)[C@H](Cc2ccccc2)N2C(=O)[C@H]3[C@@H]4C=C[C@H]([C@H]5C[C@H]45)[C@@H]3C2=O)cc2oc(=O)ccc12. The van der Waals surface area contributed by atoms with Crippen molar-refractivity contribution < 1.29 is 23.5 Å². The smallest absolute Gasteiger partial charge is 0.336 e. The third-order valence-electron chi connectivity index (χ3n) is 8.69. The summed E-state index contributed by atoms with van der Waals surface area (Å²) in [5.74, 6) is -0.721. The summed E-state index contributed by atoms with van der Waals surface area (Å²) in [5, 5.41) is 0.732. The van der Waals surface area contributed by atoms with Crippen LogP contribution in [0.4, 0.5) is 0 Å². The van der Waals surface area contributed by atoms with Crippen LogP contribution < -0.4 is 10.4 Å². The number of hydrogen-bond acceptors (Lipinski definition) is 6. The maximum absolute atomic E-state index is 13.8. The summed E-state index contributed by atoms with van der Waals surface area (Å²) in [4.78, 5) is 54.2. The van der Waals surface area contributed by atoms with E-state index in [1.807, 2.05) is 37.3 Å². The minimum Gasteiger partial charge on any atom is -0.425 e. The Morgan fingerprint density at radius 1 is 0.973 bits per heavy atom. The monoisotopic (exact) mass is 495 g/mol. The van der Waals surface area contributed by atoms with Gasteiger partial charge < -0.3 is 9.15 Å². The van der Waals surface area contributed by atoms with Crippen molar-refractivity contribution in [2.24, 2.45) is 35.5 Å². The number of esters is 1. The first-order chi connectivity index (χ1) is 17.9. The summed E-state index contributed by atoms with van der Waals surface area (Å²) >= 11 is 0. The van der Waals surface area contributed by atoms with Gasteiger partial charge in [0.2, 0.25) is 11.8 Å². The molecule has 2 heterocycles. The van der Waals surface area contributed by atoms with E-state index < -0.39 is 29.5 Å². The van der Waals surface area contributed by atoms with E-state index in [9.17, 15) is 19.2 Å². The van der Waals surface area contributed by atoms with E-state index in [1.54, 1.807) is 12.1 Å². The van der Waals surface area contributed by atoms with Crippen LogP contribution in [0.2, 0.25) is 0 Å². The van der Waals surface area contributed by atoms with Gasteiger partial charge in [-0.1, -0.05) is 42.5 Å². The number of nitrogens with zero attached hydrogens (tertiary/aromatic N) is 1. The highest BCUT2D eigenvalue weighted by Gasteiger charge is 2.68. The molecule has 1 saturated heterocycles. The number of fused-ring (bicyclic) bond motifs is 1. The van der Waals surface area contributed by atoms with E-state index in [1.165, 1.54) is 17.0 Å². The lowest BCUT2D eigenvalue weighted by atomic mass is 9.63. The Bertz CT molecular complexity index is 1520. The van der Waals surface area contributed by atoms with Crippen LogP contribution in [0, 0.1) is 42.4 Å². The average Bonchev–Trinajstić information content (AvgIpc) is 3.66. The number of allylic oxidation sites excluding steroid dienone is 2. The van der Waals surface area contributed by atoms with E-state index in [-0.39, 0.29) is 35.8 Å². The molecule has 7 heteroatoms. The fraction of sp³-hybridized carbons (Fsp3) is 0.333. The number of hydrogen-bond donors (Lipinski definition) is 0. The number of ether oxygens (including phenoxy) is 1. The summed E-state index contributed by atoms with van der Waals surface area (Å²) in [6.07, 6.45) is 5.46. The number of aryl methyl sites for hydroxylation is 1. The molecule has 2 aromatic carbocycles. The second-order valence-electron chi connectivity index (χ2n) is 10.7. The van der Waals surface area contributed by atoms with Crippen molar-refractivity contribution in [1.82, 2.24) is 4.90 Å². The van der Waals surface area contributed by atoms with Gasteiger partial charge in [-0.2, -0.15) is 0 Å². The second-order valence-corrected chi connectivity index (χ2v) is 10.7. The van der Waals surface area contributed by atoms with Gasteiger partial charge in [-0.05, 0) is 60.3 Å². The largest absolute Gasteiger partial charge is 0.425 e. The Morgan fingerprint density at radius 3 is 2.32 bits per heavy atom. The third-order valence-corrected chi connectivity index (χ3v) is 8.69. The zero-order valence-corrected chi connectivity index (χ0v) is 20.2. The van der Waals surface area contributed by atoms with Gasteiger partial charge in [0.1, 0.15) is 17.4 Å². The lowest BCUT2D eigenvalue weighted by Crippen LogP contribution is -2.48. The second kappa shape index (κ2) is 8.00. The molecule has 7 atom stereocenters. The summed E-state index contributed by atoms with van der Waals surface area (Å²) in [7, 11) is 0. The molecule has 2 bridgehead atoms. The number of carbonyl (C=O) groups is 3. The van der Waals surface area contributed by atoms with E-state index in [2.05, 4.69) is 12.2 Å². The molecule has 0 unspecified atom stereocenters. The van der Waals surface area contributed by atoms with Crippen molar-refractivity contribution in [1.29, 1.82) is 0 Å². The summed E-state index contributed by atoms with van der Waals surface area (Å²) in [6.45, 7) is 1.83. The molecule has 3 aromatic rings. The molecule has 8 rings (SSSR count). The highest BCUT2D eigenvalue weighted by Crippen LogP contribution is 2.65. The molecule has 4 aliphatic carbocycles. The van der Waals surface area contributed by atoms with Crippen LogP contribution in [0.5, 0.6) is 5.75 Å². The number of amides is 2. The standard InChI is InChI=1S/C30H25NO6/c1-15-11-17(13-24-18(15)9-10-25(32)37-24)36-30(35)23(12-16-5-3-2-4-6-16)31-28(33)26-19-7-8-20(22-14-21(19)22)27(26)29(31)34/h2-11,13,19-23,26-27H,12,14H2,1H3/t19-,20-,21-,22-,23+,26+,27+/m1/s1. The molecule has 3 fully saturated rings. The minimum absolute atomic E-state index is 0.0703. The molecule has 5 aliphatic rings. The molecule has 1 aliphatic heterocycles. The average molecular weight is 496 g/mol. The number of benzene rings is 2. The molecule has 2 saturated carbocycles. The first-order valence-electron chi connectivity index (χ1n) is 12.8. The number of likely N-dealkylation sites (tertiary alicyclic amines) is 1. The third kappa shape index (κ3) is 3.40. The van der Waals surface area contributed by atoms with E-state index >= 15 is 0 Å². The molecule has 0 radical (unpaired) electrons. The lowest BCUT2D eigenvalue weighted by Gasteiger charge is -2.37. The topological polar surface area (TPSA) is 93.9 Å². The first kappa shape index (κ1) is 22.2. The zero-order chi connectivity index (χ0) is 25.4. The molecule has 7 nitrogen and oxygen atoms in total. The van der Waals surface area contributed by atoms with Crippen LogP contribution >= 0.6 is 0 Å². The van der Waals surface area contributed by atoms with Crippen LogP contribution in [0.1, 0.15) is 17.5 Å². The normalized spacial score (nSPS) is 29.8. The zero-order valence-electron chi connectivity index (χ0n) is 20.2. The van der Waals surface area contributed by atoms with Crippen molar-refractivity contribution >= 4 is 28.8 Å². The molecule has 0 N–H and O–H groups in total. The van der Waals surface area contributed by atoms with Crippen molar-refractivity contribution in [3.8, 4) is 5.75 Å². The fourth-order valence-corrected chi connectivity index (χ4v) is 6.97. The van der Waals surface area contributed by atoms with E-state index in [0.717, 1.165) is 22.9 Å². The summed E-state index contributed by atoms with van der Waals surface area (Å²) in [5.41, 5.74) is 1.39. The maximum atomic E-state index is 13.8. The van der Waals surface area contributed by atoms with Gasteiger partial charge in [-0.3, -0.25) is 14.5 Å². The first-order valence-corrected chi connectivity index (χ1v) is 12.8. The molecular formula is C30H25NO6. The van der Waals surface area contributed by atoms with Crippen molar-refractivity contribution in [2.75, 3.05) is 0 Å². The van der Waals surface area contributed by atoms with Crippen LogP contribution in [-0.2, 0) is 20.8 Å². The van der Waals surface area contributed by atoms with Crippen LogP contribution in [0.15, 0.2) is 76.0 Å². The van der Waals surface area contributed by atoms with Gasteiger partial charge in [-0.25, -0.2) is 9.59 Å². The van der Waals surface area contributed by atoms with E-state index in [0.29, 0.717) is 17.4 Å². The Hall–Kier alpha value is -4.00. The Labute approximate surface area is 212 Å². The van der Waals surface area contributed by atoms with Crippen molar-refractivity contribution in [2.45, 2.75) is 25.8 Å². The molecule has 186 valence electrons. The summed E-state index contributed by atoms with van der Waals surface area (Å²) in [6, 6.07) is 14.4. The Balaban J connectivity index is 1.24. The lowest BCUT2D eigenvalue weighted by molar-refractivity contribution is -0.153. The van der Waals surface area contributed by atoms with Gasteiger partial charge in [0.25, 0.3) is 0 Å². The maximum Gasteiger partial charge on any atom is 0.336 e. The minimum atomic E-state index is -1.09. The van der Waals surface area contributed by atoms with Crippen LogP contribution in [0.3, 0.4) is 0 Å². The van der Waals surface area contributed by atoms with Gasteiger partial charge in [0, 0.05) is 23.9 Å². The van der Waals surface area contributed by atoms with Crippen LogP contribution in [0.25, 0.3) is 11.0 Å². The quantitative estimate of drug-likeness (QED) is 0.176. The van der Waals surface area contributed by atoms with Crippen molar-refractivity contribution in [3.63, 3.8) is 0 Å². The molecular weight excluding hydrogens is 470 g/mol. The molecule has 0 spiro atoms. The molecule has 1 aromatic heterocycles. The number of carbonyl (C=O) groups excluding carboxylic acids is 3. The van der Waals surface area contributed by atoms with Gasteiger partial charge in [0.05, 0.1) is 11.8 Å². The number of imide groups is 1. The highest BCUT2D eigenvalue weighted by molar-refractivity contribution is 6.09. The van der Waals surface area contributed by atoms with Crippen LogP contribution in [-0.4, -0.2) is 28.7 Å². The predicted molar refractivity (Wildman–Crippen MR) is 133 cm³/mol. The molecule has 37 heavy (non-hydrogen) atoms. The fourth-order valence-electron chi connectivity index (χ4n) is 6.97. The van der Waals surface area contributed by atoms with Gasteiger partial charge in [0.15, 0.2) is 0 Å². The predicted octanol–water partition coefficient (Wildman–Crippen LogP) is 3.67. The highest BCUT2D eigenvalue weighted by atomic mass is 16.5. The van der Waals surface area contributed by atoms with E-state index in [4.69, 9.17) is 9.15 Å².